The summed E-state index contributed by atoms with van der Waals surface area (Å²) in [5.74, 6) is -1.58. The summed E-state index contributed by atoms with van der Waals surface area (Å²) < 4.78 is 32.2. The lowest BCUT2D eigenvalue weighted by atomic mass is 9.84. The molecule has 1 unspecified atom stereocenters. The maximum Gasteiger partial charge on any atom is 0.408 e. The molecule has 3 amide bonds. The van der Waals surface area contributed by atoms with Crippen molar-refractivity contribution in [3.63, 3.8) is 0 Å². The Kier molecular flexibility index (Phi) is 9.56. The van der Waals surface area contributed by atoms with Gasteiger partial charge in [0.25, 0.3) is 15.9 Å². The van der Waals surface area contributed by atoms with Crippen molar-refractivity contribution in [3.05, 3.63) is 29.8 Å². The second-order valence-electron chi connectivity index (χ2n) is 11.2. The van der Waals surface area contributed by atoms with E-state index >= 15 is 0 Å². The van der Waals surface area contributed by atoms with Gasteiger partial charge in [0.15, 0.2) is 0 Å². The Morgan fingerprint density at radius 2 is 1.76 bits per heavy atom. The van der Waals surface area contributed by atoms with E-state index in [1.165, 1.54) is 30.4 Å². The molecular weight excluding hydrogens is 508 g/mol. The minimum atomic E-state index is -4.05. The Hall–Kier alpha value is -2.95. The zero-order valence-electron chi connectivity index (χ0n) is 23.0. The van der Waals surface area contributed by atoms with Crippen LogP contribution in [-0.4, -0.2) is 67.1 Å². The van der Waals surface area contributed by atoms with Crippen LogP contribution in [0.4, 0.5) is 4.79 Å². The number of alkyl carbamates (subject to hydrolysis) is 1. The largest absolute Gasteiger partial charge is 0.444 e. The summed E-state index contributed by atoms with van der Waals surface area (Å²) in [6, 6.07) is 5.40. The normalized spacial score (nSPS) is 19.5. The minimum absolute atomic E-state index is 0.0189. The first kappa shape index (κ1) is 29.6. The van der Waals surface area contributed by atoms with E-state index in [0.29, 0.717) is 6.42 Å². The van der Waals surface area contributed by atoms with Crippen LogP contribution in [0.25, 0.3) is 0 Å². The first-order valence-corrected chi connectivity index (χ1v) is 14.6. The molecule has 210 valence electrons. The van der Waals surface area contributed by atoms with Crippen LogP contribution in [-0.2, 0) is 24.3 Å². The van der Waals surface area contributed by atoms with Crippen LogP contribution < -0.4 is 5.32 Å². The smallest absolute Gasteiger partial charge is 0.408 e. The van der Waals surface area contributed by atoms with Gasteiger partial charge in [0.2, 0.25) is 5.91 Å². The molecule has 1 saturated carbocycles. The highest BCUT2D eigenvalue weighted by Gasteiger charge is 2.37. The molecule has 1 N–H and O–H groups in total. The average Bonchev–Trinajstić information content (AvgIpc) is 2.87. The molecule has 0 saturated heterocycles. The molecule has 3 rings (SSSR count). The number of benzene rings is 1. The number of sulfonamides is 1. The second-order valence-corrected chi connectivity index (χ2v) is 13.2. The third kappa shape index (κ3) is 7.78. The molecule has 10 nitrogen and oxygen atoms in total. The monoisotopic (exact) mass is 548 g/mol. The average molecular weight is 549 g/mol. The summed E-state index contributed by atoms with van der Waals surface area (Å²) in [4.78, 5) is 39.4. The van der Waals surface area contributed by atoms with E-state index in [9.17, 15) is 22.8 Å². The molecule has 1 aromatic rings. The van der Waals surface area contributed by atoms with Gasteiger partial charge in [-0.25, -0.2) is 22.5 Å². The van der Waals surface area contributed by atoms with Gasteiger partial charge in [0.05, 0.1) is 17.4 Å². The Morgan fingerprint density at radius 3 is 2.37 bits per heavy atom. The van der Waals surface area contributed by atoms with Crippen LogP contribution in [0, 0.1) is 18.8 Å². The Morgan fingerprint density at radius 1 is 1.13 bits per heavy atom. The molecule has 1 heterocycles. The number of carbonyl (C=O) groups is 3. The highest BCUT2D eigenvalue weighted by Crippen LogP contribution is 2.28. The number of hydrogen-bond donors (Lipinski definition) is 1. The van der Waals surface area contributed by atoms with Crippen molar-refractivity contribution in [2.24, 2.45) is 16.9 Å². The fourth-order valence-electron chi connectivity index (χ4n) is 4.78. The van der Waals surface area contributed by atoms with Gasteiger partial charge >= 0.3 is 6.09 Å². The molecule has 11 heteroatoms. The molecule has 0 spiro atoms. The number of hydrazone groups is 1. The van der Waals surface area contributed by atoms with E-state index in [4.69, 9.17) is 4.74 Å². The number of carbonyl (C=O) groups excluding carboxylic acids is 3. The highest BCUT2D eigenvalue weighted by molar-refractivity contribution is 7.89. The van der Waals surface area contributed by atoms with Gasteiger partial charge in [-0.3, -0.25) is 9.59 Å². The molecule has 1 aromatic carbocycles. The maximum atomic E-state index is 13.6. The van der Waals surface area contributed by atoms with E-state index in [-0.39, 0.29) is 23.8 Å². The van der Waals surface area contributed by atoms with E-state index in [1.54, 1.807) is 32.9 Å². The number of nitrogens with zero attached hydrogens (tertiary/aromatic N) is 3. The van der Waals surface area contributed by atoms with Crippen molar-refractivity contribution in [1.82, 2.24) is 14.6 Å². The summed E-state index contributed by atoms with van der Waals surface area (Å²) in [6.07, 6.45) is 6.68. The molecule has 38 heavy (non-hydrogen) atoms. The Bertz CT molecular complexity index is 1140. The lowest BCUT2D eigenvalue weighted by Crippen LogP contribution is -2.52. The fourth-order valence-corrected chi connectivity index (χ4v) is 5.96. The van der Waals surface area contributed by atoms with Crippen molar-refractivity contribution in [2.75, 3.05) is 13.6 Å². The maximum absolute atomic E-state index is 13.6. The van der Waals surface area contributed by atoms with Gasteiger partial charge in [-0.05, 0) is 58.6 Å². The number of amides is 3. The zero-order valence-corrected chi connectivity index (χ0v) is 23.8. The molecule has 1 aliphatic heterocycles. The molecule has 1 fully saturated rings. The van der Waals surface area contributed by atoms with Gasteiger partial charge in [0.1, 0.15) is 11.6 Å². The Labute approximate surface area is 225 Å². The van der Waals surface area contributed by atoms with Crippen LogP contribution in [0.15, 0.2) is 34.3 Å². The standard InChI is InChI=1S/C27H40N4O6S/c1-19-11-13-22(14-12-19)38(35,36)30(5)24(32)21-15-16-28-31(18-21)25(33)23(17-20-9-7-6-8-10-20)29-26(34)37-27(2,3)4/h11-14,16,20-21,23H,6-10,15,17-18H2,1-5H3,(H,29,34)/t21?,23-/m0/s1. The molecule has 2 aliphatic rings. The molecular formula is C27H40N4O6S. The predicted octanol–water partition coefficient (Wildman–Crippen LogP) is 3.84. The van der Waals surface area contributed by atoms with Crippen molar-refractivity contribution in [3.8, 4) is 0 Å². The first-order valence-electron chi connectivity index (χ1n) is 13.2. The lowest BCUT2D eigenvalue weighted by Gasteiger charge is -2.33. The third-order valence-corrected chi connectivity index (χ3v) is 8.65. The van der Waals surface area contributed by atoms with E-state index in [0.717, 1.165) is 42.0 Å². The SMILES string of the molecule is Cc1ccc(S(=O)(=O)N(C)C(=O)C2CC=NN(C(=O)[C@H](CC3CCCCC3)NC(=O)OC(C)(C)C)C2)cc1. The van der Waals surface area contributed by atoms with Crippen molar-refractivity contribution in [2.45, 2.75) is 89.2 Å². The highest BCUT2D eigenvalue weighted by atomic mass is 32.2. The van der Waals surface area contributed by atoms with Gasteiger partial charge in [-0.2, -0.15) is 5.10 Å². The van der Waals surface area contributed by atoms with Crippen molar-refractivity contribution in [1.29, 1.82) is 0 Å². The Balaban J connectivity index is 1.73. The molecule has 0 aromatic heterocycles. The van der Waals surface area contributed by atoms with Gasteiger partial charge < -0.3 is 10.1 Å². The molecule has 0 bridgehead atoms. The van der Waals surface area contributed by atoms with Crippen LogP contribution in [0.1, 0.15) is 71.3 Å². The fraction of sp³-hybridized carbons (Fsp3) is 0.630. The lowest BCUT2D eigenvalue weighted by molar-refractivity contribution is -0.137. The third-order valence-electron chi connectivity index (χ3n) is 6.88. The second kappa shape index (κ2) is 12.3. The quantitative estimate of drug-likeness (QED) is 0.552. The van der Waals surface area contributed by atoms with E-state index in [2.05, 4.69) is 10.4 Å². The predicted molar refractivity (Wildman–Crippen MR) is 144 cm³/mol. The van der Waals surface area contributed by atoms with Gasteiger partial charge in [-0.1, -0.05) is 49.8 Å². The topological polar surface area (TPSA) is 125 Å². The van der Waals surface area contributed by atoms with Crippen molar-refractivity contribution < 1.29 is 27.5 Å². The van der Waals surface area contributed by atoms with E-state index < -0.39 is 45.5 Å². The summed E-state index contributed by atoms with van der Waals surface area (Å²) >= 11 is 0. The van der Waals surface area contributed by atoms with Gasteiger partial charge in [0, 0.05) is 13.3 Å². The number of ether oxygens (including phenoxy) is 1. The summed E-state index contributed by atoms with van der Waals surface area (Å²) in [6.45, 7) is 7.00. The molecule has 0 radical (unpaired) electrons. The summed E-state index contributed by atoms with van der Waals surface area (Å²) in [5.41, 5.74) is 0.176. The number of rotatable bonds is 7. The first-order chi connectivity index (χ1) is 17.8. The van der Waals surface area contributed by atoms with Crippen LogP contribution in [0.2, 0.25) is 0 Å². The minimum Gasteiger partial charge on any atom is -0.444 e. The zero-order chi connectivity index (χ0) is 28.1. The summed E-state index contributed by atoms with van der Waals surface area (Å²) in [5, 5.41) is 8.08. The van der Waals surface area contributed by atoms with Crippen LogP contribution >= 0.6 is 0 Å². The van der Waals surface area contributed by atoms with E-state index in [1.807, 2.05) is 6.92 Å². The number of nitrogens with one attached hydrogen (secondary N) is 1. The van der Waals surface area contributed by atoms with Crippen LogP contribution in [0.3, 0.4) is 0 Å². The van der Waals surface area contributed by atoms with Crippen molar-refractivity contribution >= 4 is 34.1 Å². The summed E-state index contributed by atoms with van der Waals surface area (Å²) in [7, 11) is -2.82. The number of hydrogen-bond acceptors (Lipinski definition) is 7. The number of aryl methyl sites for hydroxylation is 1. The molecule has 2 atom stereocenters. The molecule has 1 aliphatic carbocycles. The van der Waals surface area contributed by atoms with Crippen LogP contribution in [0.5, 0.6) is 0 Å². The van der Waals surface area contributed by atoms with Gasteiger partial charge in [-0.15, -0.1) is 0 Å².